The van der Waals surface area contributed by atoms with Crippen LogP contribution in [0.3, 0.4) is 0 Å². The molecule has 0 fully saturated rings. The molecule has 1 aromatic rings. The molecule has 0 spiro atoms. The molecule has 17 heavy (non-hydrogen) atoms. The average molecular weight is 284 g/mol. The van der Waals surface area contributed by atoms with Crippen LogP contribution in [0.1, 0.15) is 19.8 Å². The van der Waals surface area contributed by atoms with Crippen LogP contribution in [0.4, 0.5) is 25.2 Å². The molecule has 0 bridgehead atoms. The molecule has 0 unspecified atom stereocenters. The van der Waals surface area contributed by atoms with Crippen LogP contribution in [-0.2, 0) is 13.6 Å². The summed E-state index contributed by atoms with van der Waals surface area (Å²) in [4.78, 5) is 0. The zero-order valence-corrected chi connectivity index (χ0v) is 10.4. The van der Waals surface area contributed by atoms with Crippen LogP contribution in [0.25, 0.3) is 0 Å². The number of halogens is 6. The summed E-state index contributed by atoms with van der Waals surface area (Å²) in [6, 6.07) is 0. The van der Waals surface area contributed by atoms with Crippen molar-refractivity contribution < 1.29 is 29.7 Å². The first-order valence-corrected chi connectivity index (χ1v) is 6.88. The Bertz CT molecular complexity index is 343. The normalized spacial score (nSPS) is 15.5. The first-order valence-electron chi connectivity index (χ1n) is 4.85. The van der Waals surface area contributed by atoms with Gasteiger partial charge < -0.3 is 0 Å². The van der Waals surface area contributed by atoms with Crippen molar-refractivity contribution in [1.29, 1.82) is 0 Å². The molecule has 0 saturated heterocycles. The van der Waals surface area contributed by atoms with Gasteiger partial charge in [-0.15, -0.1) is 0 Å². The predicted molar refractivity (Wildman–Crippen MR) is 54.1 cm³/mol. The van der Waals surface area contributed by atoms with Crippen LogP contribution in [0.15, 0.2) is 18.7 Å². The van der Waals surface area contributed by atoms with E-state index in [1.165, 1.54) is 12.8 Å². The van der Waals surface area contributed by atoms with Crippen LogP contribution in [0.5, 0.6) is 0 Å². The van der Waals surface area contributed by atoms with Crippen molar-refractivity contribution in [3.05, 3.63) is 18.7 Å². The van der Waals surface area contributed by atoms with Crippen molar-refractivity contribution in [2.45, 2.75) is 26.3 Å². The number of aryl methyl sites for hydroxylation is 2. The molecule has 1 heterocycles. The van der Waals surface area contributed by atoms with Crippen LogP contribution < -0.4 is 4.57 Å². The maximum atomic E-state index is 9.87. The SMILES string of the molecule is CCCCn1cc[n+](C)c1.F[P-](F)(F)(F)(F)F. The molecule has 0 aromatic carbocycles. The van der Waals surface area contributed by atoms with E-state index in [1.54, 1.807) is 0 Å². The molecule has 0 aliphatic carbocycles. The second-order valence-corrected chi connectivity index (χ2v) is 5.55. The molecule has 0 saturated carbocycles. The van der Waals surface area contributed by atoms with Gasteiger partial charge in [0, 0.05) is 0 Å². The molecule has 104 valence electrons. The summed E-state index contributed by atoms with van der Waals surface area (Å²) in [5.74, 6) is 0. The summed E-state index contributed by atoms with van der Waals surface area (Å²) in [6.07, 6.45) is 8.82. The van der Waals surface area contributed by atoms with E-state index < -0.39 is 7.81 Å². The van der Waals surface area contributed by atoms with Crippen LogP contribution >= 0.6 is 7.81 Å². The second kappa shape index (κ2) is 4.48. The van der Waals surface area contributed by atoms with E-state index in [1.807, 2.05) is 7.05 Å². The number of imidazole rings is 1. The minimum atomic E-state index is -10.7. The zero-order chi connectivity index (χ0) is 13.8. The summed E-state index contributed by atoms with van der Waals surface area (Å²) in [6.45, 7) is 3.36. The first kappa shape index (κ1) is 16.2. The molecule has 1 rings (SSSR count). The summed E-state index contributed by atoms with van der Waals surface area (Å²) < 4.78 is 63.5. The van der Waals surface area contributed by atoms with E-state index in [-0.39, 0.29) is 0 Å². The summed E-state index contributed by atoms with van der Waals surface area (Å²) >= 11 is 0. The Hall–Kier alpha value is -0.780. The molecule has 0 radical (unpaired) electrons. The van der Waals surface area contributed by atoms with Crippen molar-refractivity contribution in [2.24, 2.45) is 7.05 Å². The molecule has 0 aliphatic rings. The number of hydrogen-bond acceptors (Lipinski definition) is 0. The molecule has 0 atom stereocenters. The summed E-state index contributed by atoms with van der Waals surface area (Å²) in [5.41, 5.74) is 0. The molecule has 1 aromatic heterocycles. The Kier molecular flexibility index (Phi) is 4.27. The predicted octanol–water partition coefficient (Wildman–Crippen LogP) is 4.50. The summed E-state index contributed by atoms with van der Waals surface area (Å²) in [7, 11) is -8.61. The van der Waals surface area contributed by atoms with Crippen LogP contribution in [0.2, 0.25) is 0 Å². The van der Waals surface area contributed by atoms with Gasteiger partial charge in [0.25, 0.3) is 0 Å². The standard InChI is InChI=1S/C8H15N2.F6P/c1-3-4-5-10-7-6-9(2)8-10;1-7(2,3,4,5)6/h6-8H,3-5H2,1-2H3;/q+1;-1. The Labute approximate surface area is 95.1 Å². The molecule has 2 nitrogen and oxygen atoms in total. The molecule has 0 amide bonds. The quantitative estimate of drug-likeness (QED) is 0.439. The van der Waals surface area contributed by atoms with Crippen molar-refractivity contribution in [1.82, 2.24) is 4.57 Å². The van der Waals surface area contributed by atoms with Gasteiger partial charge in [-0.05, 0) is 6.42 Å². The molecule has 0 aliphatic heterocycles. The van der Waals surface area contributed by atoms with Gasteiger partial charge in [-0.3, -0.25) is 0 Å². The van der Waals surface area contributed by atoms with Gasteiger partial charge in [0.05, 0.1) is 13.6 Å². The molecular weight excluding hydrogens is 269 g/mol. The van der Waals surface area contributed by atoms with E-state index in [4.69, 9.17) is 0 Å². The van der Waals surface area contributed by atoms with E-state index in [0.717, 1.165) is 6.54 Å². The molecule has 0 N–H and O–H groups in total. The second-order valence-electron chi connectivity index (χ2n) is 3.63. The third-order valence-electron chi connectivity index (χ3n) is 1.59. The third kappa shape index (κ3) is 17.8. The van der Waals surface area contributed by atoms with Gasteiger partial charge in [0.1, 0.15) is 12.4 Å². The van der Waals surface area contributed by atoms with E-state index >= 15 is 0 Å². The van der Waals surface area contributed by atoms with Gasteiger partial charge in [0.15, 0.2) is 0 Å². The van der Waals surface area contributed by atoms with Crippen molar-refractivity contribution in [3.63, 3.8) is 0 Å². The fourth-order valence-electron chi connectivity index (χ4n) is 0.975. The van der Waals surface area contributed by atoms with Gasteiger partial charge in [-0.1, -0.05) is 13.3 Å². The topological polar surface area (TPSA) is 8.81 Å². The van der Waals surface area contributed by atoms with Gasteiger partial charge >= 0.3 is 33.0 Å². The van der Waals surface area contributed by atoms with Crippen LogP contribution in [0, 0.1) is 0 Å². The third-order valence-corrected chi connectivity index (χ3v) is 1.59. The van der Waals surface area contributed by atoms with Crippen molar-refractivity contribution in [3.8, 4) is 0 Å². The van der Waals surface area contributed by atoms with Crippen LogP contribution in [-0.4, -0.2) is 4.57 Å². The van der Waals surface area contributed by atoms with Gasteiger partial charge in [0.2, 0.25) is 6.33 Å². The Morgan fingerprint density at radius 1 is 1.12 bits per heavy atom. The number of aromatic nitrogens is 2. The zero-order valence-electron chi connectivity index (χ0n) is 9.46. The maximum absolute atomic E-state index is 10.7. The Balaban J connectivity index is 0.000000325. The number of unbranched alkanes of at least 4 members (excludes halogenated alkanes) is 1. The van der Waals surface area contributed by atoms with E-state index in [0.29, 0.717) is 0 Å². The fourth-order valence-corrected chi connectivity index (χ4v) is 0.975. The van der Waals surface area contributed by atoms with Gasteiger partial charge in [-0.2, -0.15) is 0 Å². The van der Waals surface area contributed by atoms with E-state index in [2.05, 4.69) is 34.8 Å². The van der Waals surface area contributed by atoms with Gasteiger partial charge in [-0.25, -0.2) is 9.13 Å². The molecule has 9 heteroatoms. The average Bonchev–Trinajstić information content (AvgIpc) is 2.42. The number of hydrogen-bond donors (Lipinski definition) is 0. The van der Waals surface area contributed by atoms with E-state index in [9.17, 15) is 25.2 Å². The Morgan fingerprint density at radius 2 is 1.59 bits per heavy atom. The molecular formula is C8H15F6N2P. The first-order chi connectivity index (χ1) is 7.28. The monoisotopic (exact) mass is 284 g/mol. The summed E-state index contributed by atoms with van der Waals surface area (Å²) in [5, 5.41) is 0. The number of rotatable bonds is 3. The van der Waals surface area contributed by atoms with Crippen molar-refractivity contribution in [2.75, 3.05) is 0 Å². The van der Waals surface area contributed by atoms with Crippen molar-refractivity contribution >= 4 is 7.81 Å². The minimum absolute atomic E-state index is 1.15. The fraction of sp³-hybridized carbons (Fsp3) is 0.625. The Morgan fingerprint density at radius 3 is 1.88 bits per heavy atom. The number of nitrogens with zero attached hydrogens (tertiary/aromatic N) is 2.